The average molecular weight is 438 g/mol. The van der Waals surface area contributed by atoms with E-state index >= 15 is 0 Å². The van der Waals surface area contributed by atoms with Crippen molar-refractivity contribution < 1.29 is 9.59 Å². The fraction of sp³-hybridized carbons (Fsp3) is 0.304. The zero-order valence-corrected chi connectivity index (χ0v) is 18.0. The van der Waals surface area contributed by atoms with Crippen molar-refractivity contribution in [1.82, 2.24) is 14.8 Å². The Morgan fingerprint density at radius 2 is 1.61 bits per heavy atom. The number of carbonyl (C=O) groups is 2. The first-order valence-corrected chi connectivity index (χ1v) is 10.7. The van der Waals surface area contributed by atoms with Crippen molar-refractivity contribution in [3.05, 3.63) is 71.8 Å². The van der Waals surface area contributed by atoms with Gasteiger partial charge in [0.25, 0.3) is 0 Å². The molecule has 2 amide bonds. The van der Waals surface area contributed by atoms with Gasteiger partial charge in [0.05, 0.1) is 5.41 Å². The van der Waals surface area contributed by atoms with E-state index in [1.54, 1.807) is 31.2 Å². The van der Waals surface area contributed by atoms with Gasteiger partial charge in [-0.2, -0.15) is 5.10 Å². The number of carbonyl (C=O) groups excluding carboxylic acids is 2. The van der Waals surface area contributed by atoms with Gasteiger partial charge in [-0.15, -0.1) is 0 Å². The van der Waals surface area contributed by atoms with Gasteiger partial charge in [-0.1, -0.05) is 36.6 Å². The molecule has 0 aliphatic heterocycles. The summed E-state index contributed by atoms with van der Waals surface area (Å²) in [5, 5.41) is 10.6. The minimum atomic E-state index is -0.537. The summed E-state index contributed by atoms with van der Waals surface area (Å²) in [5.74, 6) is -0.209. The number of nitrogens with one attached hydrogen (secondary N) is 2. The van der Waals surface area contributed by atoms with Crippen LogP contribution in [0.5, 0.6) is 0 Å². The Balaban J connectivity index is 1.44. The number of benzene rings is 2. The fourth-order valence-electron chi connectivity index (χ4n) is 4.07. The number of rotatable bonds is 6. The molecular weight excluding hydrogens is 414 g/mol. The van der Waals surface area contributed by atoms with Crippen LogP contribution < -0.4 is 10.6 Å². The van der Waals surface area contributed by atoms with E-state index in [0.29, 0.717) is 16.4 Å². The Labute approximate surface area is 185 Å². The lowest BCUT2D eigenvalue weighted by atomic mass is 9.78. The van der Waals surface area contributed by atoms with Gasteiger partial charge in [0.1, 0.15) is 18.7 Å². The second kappa shape index (κ2) is 8.89. The highest BCUT2D eigenvalue weighted by Gasteiger charge is 2.42. The molecule has 1 heterocycles. The van der Waals surface area contributed by atoms with E-state index in [-0.39, 0.29) is 11.8 Å². The summed E-state index contributed by atoms with van der Waals surface area (Å²) in [4.78, 5) is 29.5. The Hall–Kier alpha value is -3.19. The summed E-state index contributed by atoms with van der Waals surface area (Å²) in [6.07, 6.45) is 6.56. The Morgan fingerprint density at radius 3 is 2.19 bits per heavy atom. The van der Waals surface area contributed by atoms with Crippen molar-refractivity contribution in [2.75, 3.05) is 10.6 Å². The van der Waals surface area contributed by atoms with Crippen LogP contribution in [0.1, 0.15) is 44.2 Å². The van der Waals surface area contributed by atoms with Crippen LogP contribution in [0, 0.1) is 0 Å². The molecule has 2 N–H and O–H groups in total. The van der Waals surface area contributed by atoms with Crippen molar-refractivity contribution in [2.45, 2.75) is 44.1 Å². The molecule has 1 unspecified atom stereocenters. The van der Waals surface area contributed by atoms with E-state index in [2.05, 4.69) is 20.7 Å². The van der Waals surface area contributed by atoms with Crippen LogP contribution >= 0.6 is 11.6 Å². The largest absolute Gasteiger partial charge is 0.325 e. The molecule has 3 aromatic rings. The molecule has 1 aliphatic carbocycles. The number of amides is 2. The number of aromatic nitrogens is 3. The number of hydrogen-bond acceptors (Lipinski definition) is 4. The zero-order chi connectivity index (χ0) is 21.8. The van der Waals surface area contributed by atoms with Crippen LogP contribution in [-0.2, 0) is 15.0 Å². The van der Waals surface area contributed by atoms with Gasteiger partial charge in [-0.05, 0) is 61.7 Å². The molecule has 1 aromatic heterocycles. The van der Waals surface area contributed by atoms with Crippen molar-refractivity contribution in [3.8, 4) is 0 Å². The highest BCUT2D eigenvalue weighted by Crippen LogP contribution is 2.42. The second-order valence-corrected chi connectivity index (χ2v) is 8.30. The number of halogens is 1. The molecule has 0 radical (unpaired) electrons. The molecule has 4 rings (SSSR count). The molecule has 7 nitrogen and oxygen atoms in total. The minimum Gasteiger partial charge on any atom is -0.325 e. The van der Waals surface area contributed by atoms with E-state index in [4.69, 9.17) is 11.6 Å². The van der Waals surface area contributed by atoms with E-state index in [0.717, 1.165) is 31.2 Å². The normalized spacial score (nSPS) is 15.9. The maximum Gasteiger partial charge on any atom is 0.249 e. The molecule has 1 fully saturated rings. The molecular formula is C23H24ClN5O2. The summed E-state index contributed by atoms with van der Waals surface area (Å²) in [6.45, 7) is 1.75. The van der Waals surface area contributed by atoms with Gasteiger partial charge in [-0.3, -0.25) is 9.59 Å². The Kier molecular flexibility index (Phi) is 6.04. The summed E-state index contributed by atoms with van der Waals surface area (Å²) in [5.41, 5.74) is 1.79. The molecule has 31 heavy (non-hydrogen) atoms. The first-order valence-electron chi connectivity index (χ1n) is 10.3. The quantitative estimate of drug-likeness (QED) is 0.590. The predicted molar refractivity (Wildman–Crippen MR) is 120 cm³/mol. The van der Waals surface area contributed by atoms with Gasteiger partial charge >= 0.3 is 0 Å². The van der Waals surface area contributed by atoms with Gasteiger partial charge in [0.2, 0.25) is 11.8 Å². The minimum absolute atomic E-state index is 0.0103. The number of anilines is 2. The second-order valence-electron chi connectivity index (χ2n) is 7.87. The van der Waals surface area contributed by atoms with E-state index < -0.39 is 11.5 Å². The summed E-state index contributed by atoms with van der Waals surface area (Å²) < 4.78 is 1.49. The summed E-state index contributed by atoms with van der Waals surface area (Å²) in [7, 11) is 0. The topological polar surface area (TPSA) is 88.9 Å². The highest BCUT2D eigenvalue weighted by atomic mass is 35.5. The molecule has 1 aliphatic rings. The average Bonchev–Trinajstić information content (AvgIpc) is 3.48. The molecule has 2 aromatic carbocycles. The van der Waals surface area contributed by atoms with Crippen molar-refractivity contribution in [2.24, 2.45) is 0 Å². The molecule has 0 saturated heterocycles. The van der Waals surface area contributed by atoms with Crippen LogP contribution in [0.2, 0.25) is 5.02 Å². The molecule has 0 bridgehead atoms. The van der Waals surface area contributed by atoms with E-state index in [1.165, 1.54) is 17.3 Å². The van der Waals surface area contributed by atoms with Gasteiger partial charge in [0, 0.05) is 16.4 Å². The van der Waals surface area contributed by atoms with Gasteiger partial charge in [0.15, 0.2) is 0 Å². The molecule has 0 spiro atoms. The van der Waals surface area contributed by atoms with Crippen LogP contribution in [0.15, 0.2) is 61.2 Å². The van der Waals surface area contributed by atoms with E-state index in [9.17, 15) is 9.59 Å². The first kappa shape index (κ1) is 21.1. The third-order valence-corrected chi connectivity index (χ3v) is 6.16. The first-order chi connectivity index (χ1) is 15.0. The Bertz CT molecular complexity index is 1040. The van der Waals surface area contributed by atoms with Crippen molar-refractivity contribution in [1.29, 1.82) is 0 Å². The lowest BCUT2D eigenvalue weighted by molar-refractivity contribution is -0.121. The maximum atomic E-state index is 13.3. The summed E-state index contributed by atoms with van der Waals surface area (Å²) in [6, 6.07) is 14.2. The number of nitrogens with zero attached hydrogens (tertiary/aromatic N) is 3. The lowest BCUT2D eigenvalue weighted by Crippen LogP contribution is -2.37. The maximum absolute atomic E-state index is 13.3. The third-order valence-electron chi connectivity index (χ3n) is 5.91. The number of hydrogen-bond donors (Lipinski definition) is 2. The van der Waals surface area contributed by atoms with Crippen LogP contribution in [-0.4, -0.2) is 26.6 Å². The molecule has 1 saturated carbocycles. The SMILES string of the molecule is CC(C(=O)Nc1ccc(NC(=O)C2(c3ccc(Cl)cc3)CCCC2)cc1)n1cncn1. The highest BCUT2D eigenvalue weighted by molar-refractivity contribution is 6.30. The van der Waals surface area contributed by atoms with Crippen LogP contribution in [0.4, 0.5) is 11.4 Å². The van der Waals surface area contributed by atoms with Crippen LogP contribution in [0.25, 0.3) is 0 Å². The predicted octanol–water partition coefficient (Wildman–Crippen LogP) is 4.58. The van der Waals surface area contributed by atoms with Gasteiger partial charge < -0.3 is 10.6 Å². The van der Waals surface area contributed by atoms with Crippen molar-refractivity contribution in [3.63, 3.8) is 0 Å². The zero-order valence-electron chi connectivity index (χ0n) is 17.2. The molecule has 1 atom stereocenters. The smallest absolute Gasteiger partial charge is 0.249 e. The standard InChI is InChI=1S/C23H24ClN5O2/c1-16(29-15-25-14-26-29)21(30)27-19-8-10-20(11-9-19)28-22(31)23(12-2-3-13-23)17-4-6-18(24)7-5-17/h4-11,14-16H,2-3,12-13H2,1H3,(H,27,30)(H,28,31). The van der Waals surface area contributed by atoms with Gasteiger partial charge in [-0.25, -0.2) is 9.67 Å². The lowest BCUT2D eigenvalue weighted by Gasteiger charge is -2.28. The molecule has 160 valence electrons. The van der Waals surface area contributed by atoms with Crippen molar-refractivity contribution >= 4 is 34.8 Å². The third kappa shape index (κ3) is 4.46. The monoisotopic (exact) mass is 437 g/mol. The van der Waals surface area contributed by atoms with Crippen LogP contribution in [0.3, 0.4) is 0 Å². The van der Waals surface area contributed by atoms with E-state index in [1.807, 2.05) is 24.3 Å². The fourth-order valence-corrected chi connectivity index (χ4v) is 4.19. The summed E-state index contributed by atoms with van der Waals surface area (Å²) >= 11 is 6.03. The molecule has 8 heteroatoms. The Morgan fingerprint density at radius 1 is 1.00 bits per heavy atom.